The van der Waals surface area contributed by atoms with Crippen LogP contribution in [-0.4, -0.2) is 48.0 Å². The first-order chi connectivity index (χ1) is 13.3. The molecule has 0 unspecified atom stereocenters. The number of aliphatic imine (C=N–C) groups is 1. The van der Waals surface area contributed by atoms with Crippen molar-refractivity contribution in [3.8, 4) is 12.1 Å². The maximum absolute atomic E-state index is 12.1. The molecule has 0 aliphatic rings. The second kappa shape index (κ2) is 11.5. The van der Waals surface area contributed by atoms with E-state index in [-0.39, 0.29) is 11.4 Å². The molecule has 0 saturated carbocycles. The fourth-order valence-electron chi connectivity index (χ4n) is 1.73. The van der Waals surface area contributed by atoms with E-state index in [1.807, 2.05) is 0 Å². The van der Waals surface area contributed by atoms with Gasteiger partial charge in [-0.3, -0.25) is 0 Å². The van der Waals surface area contributed by atoms with Gasteiger partial charge < -0.3 is 21.7 Å². The Bertz CT molecular complexity index is 777. The molecule has 150 valence electrons. The highest BCUT2D eigenvalue weighted by atomic mass is 32.2. The van der Waals surface area contributed by atoms with Crippen LogP contribution in [-0.2, 0) is 5.75 Å². The van der Waals surface area contributed by atoms with Gasteiger partial charge in [-0.15, -0.1) is 0 Å². The monoisotopic (exact) mass is 413 g/mol. The molecule has 0 saturated heterocycles. The number of guanidine groups is 1. The summed E-state index contributed by atoms with van der Waals surface area (Å²) in [6.45, 7) is -0.891. The van der Waals surface area contributed by atoms with Gasteiger partial charge in [-0.25, -0.2) is 15.0 Å². The maximum atomic E-state index is 12.1. The average Bonchev–Trinajstić information content (AvgIpc) is 2.65. The van der Waals surface area contributed by atoms with Crippen molar-refractivity contribution < 1.29 is 13.2 Å². The lowest BCUT2D eigenvalue weighted by molar-refractivity contribution is -0.118. The lowest BCUT2D eigenvalue weighted by Crippen LogP contribution is -2.27. The number of aromatic nitrogens is 2. The number of anilines is 1. The van der Waals surface area contributed by atoms with Gasteiger partial charge in [0.05, 0.1) is 5.75 Å². The molecule has 5 N–H and O–H groups in total. The lowest BCUT2D eigenvalue weighted by Gasteiger charge is -2.10. The van der Waals surface area contributed by atoms with Gasteiger partial charge in [-0.1, -0.05) is 0 Å². The smallest absolute Gasteiger partial charge is 0.373 e. The van der Waals surface area contributed by atoms with Crippen molar-refractivity contribution in [1.29, 1.82) is 10.5 Å². The quantitative estimate of drug-likeness (QED) is 0.202. The first-order valence-electron chi connectivity index (χ1n) is 7.78. The van der Waals surface area contributed by atoms with Crippen LogP contribution in [0.3, 0.4) is 0 Å². The number of hydrogen-bond acceptors (Lipinski definition) is 8. The van der Waals surface area contributed by atoms with Crippen molar-refractivity contribution in [2.75, 3.05) is 31.2 Å². The zero-order chi connectivity index (χ0) is 21.0. The Morgan fingerprint density at radius 1 is 1.36 bits per heavy atom. The van der Waals surface area contributed by atoms with Crippen LogP contribution in [0, 0.1) is 22.7 Å². The molecule has 0 radical (unpaired) electrons. The molecule has 1 aromatic heterocycles. The summed E-state index contributed by atoms with van der Waals surface area (Å²) in [5.41, 5.74) is 5.36. The van der Waals surface area contributed by atoms with Crippen LogP contribution in [0.25, 0.3) is 0 Å². The zero-order valence-corrected chi connectivity index (χ0v) is 15.7. The third kappa shape index (κ3) is 8.95. The van der Waals surface area contributed by atoms with Gasteiger partial charge >= 0.3 is 6.18 Å². The number of nitrogens with zero attached hydrogens (tertiary/aromatic N) is 5. The Hall–Kier alpha value is -3.19. The van der Waals surface area contributed by atoms with Crippen LogP contribution in [0.2, 0.25) is 0 Å². The van der Waals surface area contributed by atoms with E-state index < -0.39 is 18.7 Å². The van der Waals surface area contributed by atoms with Crippen molar-refractivity contribution in [2.24, 2.45) is 10.7 Å². The van der Waals surface area contributed by atoms with E-state index in [0.29, 0.717) is 29.7 Å². The van der Waals surface area contributed by atoms with Crippen molar-refractivity contribution in [2.45, 2.75) is 11.9 Å². The third-order valence-electron chi connectivity index (χ3n) is 2.89. The second-order valence-corrected chi connectivity index (χ2v) is 6.11. The highest BCUT2D eigenvalue weighted by Gasteiger charge is 2.26. The van der Waals surface area contributed by atoms with Gasteiger partial charge in [0.25, 0.3) is 0 Å². The molecule has 0 spiro atoms. The Kier molecular flexibility index (Phi) is 9.39. The van der Waals surface area contributed by atoms with Crippen molar-refractivity contribution in [3.05, 3.63) is 29.5 Å². The van der Waals surface area contributed by atoms with Gasteiger partial charge in [0.15, 0.2) is 11.5 Å². The normalized spacial score (nSPS) is 11.1. The number of nitrogens with two attached hydrogens (primary N) is 1. The molecule has 0 aliphatic heterocycles. The van der Waals surface area contributed by atoms with E-state index in [9.17, 15) is 13.2 Å². The molecule has 1 aromatic rings. The van der Waals surface area contributed by atoms with E-state index in [1.165, 1.54) is 24.0 Å². The molecule has 9 nitrogen and oxygen atoms in total. The molecule has 1 rings (SSSR count). The van der Waals surface area contributed by atoms with Gasteiger partial charge in [-0.05, 0) is 6.07 Å². The summed E-state index contributed by atoms with van der Waals surface area (Å²) in [5.74, 6) is 1.72. The number of nitriles is 2. The molecule has 0 aromatic carbocycles. The summed E-state index contributed by atoms with van der Waals surface area (Å²) < 4.78 is 36.3. The number of thioether (sulfide) groups is 1. The number of hydrogen-bond donors (Lipinski definition) is 4. The van der Waals surface area contributed by atoms with Gasteiger partial charge in [0.1, 0.15) is 36.1 Å². The van der Waals surface area contributed by atoms with Crippen molar-refractivity contribution >= 4 is 23.5 Å². The van der Waals surface area contributed by atoms with Crippen LogP contribution < -0.4 is 21.7 Å². The predicted octanol–water partition coefficient (Wildman–Crippen LogP) is 1.07. The van der Waals surface area contributed by atoms with Crippen molar-refractivity contribution in [3.63, 3.8) is 0 Å². The summed E-state index contributed by atoms with van der Waals surface area (Å²) in [6, 6.07) is 5.03. The fraction of sp³-hybridized carbons (Fsp3) is 0.400. The van der Waals surface area contributed by atoms with Gasteiger partial charge in [0.2, 0.25) is 0 Å². The van der Waals surface area contributed by atoms with Gasteiger partial charge in [0, 0.05) is 25.5 Å². The Morgan fingerprint density at radius 2 is 2.07 bits per heavy atom. The van der Waals surface area contributed by atoms with Crippen molar-refractivity contribution in [1.82, 2.24) is 20.6 Å². The van der Waals surface area contributed by atoms with Crippen LogP contribution >= 0.6 is 11.8 Å². The SMILES string of the molecule is CNC(NCCSCc1nccc(NC(N)=NCC(F)(F)F)n1)=C(C#N)C#N. The number of allylic oxidation sites excluding steroid dienone is 1. The molecule has 0 amide bonds. The van der Waals surface area contributed by atoms with E-state index in [0.717, 1.165) is 0 Å². The highest BCUT2D eigenvalue weighted by Crippen LogP contribution is 2.14. The fourth-order valence-corrected chi connectivity index (χ4v) is 2.45. The summed E-state index contributed by atoms with van der Waals surface area (Å²) in [6.07, 6.45) is -2.98. The van der Waals surface area contributed by atoms with Crippen LogP contribution in [0.4, 0.5) is 19.0 Å². The van der Waals surface area contributed by atoms with Crippen LogP contribution in [0.1, 0.15) is 5.82 Å². The Labute approximate surface area is 163 Å². The van der Waals surface area contributed by atoms with E-state index in [4.69, 9.17) is 16.3 Å². The molecule has 28 heavy (non-hydrogen) atoms. The maximum Gasteiger partial charge on any atom is 0.408 e. The summed E-state index contributed by atoms with van der Waals surface area (Å²) in [7, 11) is 1.60. The predicted molar refractivity (Wildman–Crippen MR) is 99.7 cm³/mol. The van der Waals surface area contributed by atoms with Gasteiger partial charge in [-0.2, -0.15) is 35.5 Å². The molecule has 13 heteroatoms. The minimum absolute atomic E-state index is 0.0422. The third-order valence-corrected chi connectivity index (χ3v) is 3.85. The first kappa shape index (κ1) is 22.9. The number of alkyl halides is 3. The number of rotatable bonds is 9. The number of nitrogens with one attached hydrogen (secondary N) is 3. The highest BCUT2D eigenvalue weighted by molar-refractivity contribution is 7.98. The molecule has 0 fully saturated rings. The zero-order valence-electron chi connectivity index (χ0n) is 14.8. The average molecular weight is 413 g/mol. The Morgan fingerprint density at radius 3 is 2.68 bits per heavy atom. The molecular weight excluding hydrogens is 395 g/mol. The van der Waals surface area contributed by atoms with E-state index >= 15 is 0 Å². The minimum atomic E-state index is -4.43. The first-order valence-corrected chi connectivity index (χ1v) is 8.94. The second-order valence-electron chi connectivity index (χ2n) is 5.00. The minimum Gasteiger partial charge on any atom is -0.373 e. The van der Waals surface area contributed by atoms with Crippen LogP contribution in [0.5, 0.6) is 0 Å². The molecule has 1 heterocycles. The lowest BCUT2D eigenvalue weighted by atomic mass is 10.3. The molecular formula is C15H18F3N9S. The molecule has 0 aliphatic carbocycles. The molecule has 0 bridgehead atoms. The number of halogens is 3. The van der Waals surface area contributed by atoms with E-state index in [2.05, 4.69) is 30.9 Å². The topological polar surface area (TPSA) is 148 Å². The largest absolute Gasteiger partial charge is 0.408 e. The summed E-state index contributed by atoms with van der Waals surface area (Å²) in [5, 5.41) is 25.8. The summed E-state index contributed by atoms with van der Waals surface area (Å²) in [4.78, 5) is 11.4. The standard InChI is InChI=1S/C15H18F3N9S/c1-22-13(10(6-19)7-20)24-4-5-28-8-12-23-3-2-11(26-12)27-14(21)25-9-15(16,17)18/h2-3,22,24H,4-5,8-9H2,1H3,(H3,21,23,25,26,27). The Balaban J connectivity index is 2.49. The summed E-state index contributed by atoms with van der Waals surface area (Å²) >= 11 is 1.49. The van der Waals surface area contributed by atoms with E-state index in [1.54, 1.807) is 19.2 Å². The molecule has 0 atom stereocenters. The van der Waals surface area contributed by atoms with Crippen LogP contribution in [0.15, 0.2) is 28.6 Å².